The summed E-state index contributed by atoms with van der Waals surface area (Å²) >= 11 is 3.28. The van der Waals surface area contributed by atoms with Crippen molar-refractivity contribution in [1.29, 1.82) is 0 Å². The van der Waals surface area contributed by atoms with Crippen molar-refractivity contribution >= 4 is 27.7 Å². The van der Waals surface area contributed by atoms with E-state index in [0.29, 0.717) is 17.3 Å². The summed E-state index contributed by atoms with van der Waals surface area (Å²) in [5.41, 5.74) is 0.627. The van der Waals surface area contributed by atoms with Crippen LogP contribution in [0, 0.1) is 0 Å². The molecule has 1 amide bonds. The van der Waals surface area contributed by atoms with Crippen molar-refractivity contribution in [3.8, 4) is 5.75 Å². The van der Waals surface area contributed by atoms with Gasteiger partial charge in [0.1, 0.15) is 5.75 Å². The van der Waals surface area contributed by atoms with Gasteiger partial charge in [-0.2, -0.15) is 0 Å². The predicted molar refractivity (Wildman–Crippen MR) is 81.2 cm³/mol. The number of amides is 1. The molecule has 0 saturated heterocycles. The number of carbonyl (C=O) groups is 1. The number of rotatable bonds is 4. The van der Waals surface area contributed by atoms with Gasteiger partial charge in [0, 0.05) is 18.1 Å². The van der Waals surface area contributed by atoms with Crippen molar-refractivity contribution < 1.29 is 14.3 Å². The van der Waals surface area contributed by atoms with Crippen LogP contribution in [0.4, 0.5) is 10.5 Å². The molecule has 1 heterocycles. The maximum absolute atomic E-state index is 11.1. The smallest absolute Gasteiger partial charge is 0.411 e. The Morgan fingerprint density at radius 3 is 2.43 bits per heavy atom. The van der Waals surface area contributed by atoms with Crippen molar-refractivity contribution in [2.24, 2.45) is 0 Å². The van der Waals surface area contributed by atoms with Gasteiger partial charge in [0.15, 0.2) is 11.9 Å². The lowest BCUT2D eigenvalue weighted by molar-refractivity contribution is 0.187. The molecule has 2 aromatic rings. The number of halogens is 1. The third kappa shape index (κ3) is 4.42. The van der Waals surface area contributed by atoms with Crippen molar-refractivity contribution in [2.45, 2.75) is 13.0 Å². The first-order valence-corrected chi connectivity index (χ1v) is 6.97. The summed E-state index contributed by atoms with van der Waals surface area (Å²) in [6.07, 6.45) is 2.55. The van der Waals surface area contributed by atoms with Crippen LogP contribution in [-0.4, -0.2) is 23.2 Å². The Bertz CT molecular complexity index is 602. The molecule has 1 N–H and O–H groups in total. The molecule has 7 heteroatoms. The lowest BCUT2D eigenvalue weighted by atomic mass is 10.3. The van der Waals surface area contributed by atoms with Gasteiger partial charge in [-0.3, -0.25) is 5.32 Å². The standard InChI is InChI=1S/C14H14BrN3O3/c1-9(13-16-7-10(15)8-17-13)21-12-5-3-11(4-6-12)18-14(19)20-2/h3-9H,1-2H3,(H,18,19)/t9-/m0/s1. The summed E-state index contributed by atoms with van der Waals surface area (Å²) in [6.45, 7) is 1.86. The molecule has 2 rings (SSSR count). The number of ether oxygens (including phenoxy) is 2. The van der Waals surface area contributed by atoms with Gasteiger partial charge in [0.05, 0.1) is 11.6 Å². The highest BCUT2D eigenvalue weighted by Crippen LogP contribution is 2.21. The van der Waals surface area contributed by atoms with E-state index < -0.39 is 6.09 Å². The van der Waals surface area contributed by atoms with Gasteiger partial charge in [-0.1, -0.05) is 0 Å². The minimum absolute atomic E-state index is 0.280. The normalized spacial score (nSPS) is 11.6. The first-order chi connectivity index (χ1) is 10.1. The number of nitrogens with zero attached hydrogens (tertiary/aromatic N) is 2. The number of anilines is 1. The van der Waals surface area contributed by atoms with Crippen molar-refractivity contribution in [3.05, 3.63) is 47.0 Å². The van der Waals surface area contributed by atoms with E-state index in [-0.39, 0.29) is 6.10 Å². The number of hydrogen-bond donors (Lipinski definition) is 1. The fraction of sp³-hybridized carbons (Fsp3) is 0.214. The van der Waals surface area contributed by atoms with Crippen LogP contribution in [0.3, 0.4) is 0 Å². The number of aromatic nitrogens is 2. The van der Waals surface area contributed by atoms with Crippen LogP contribution in [-0.2, 0) is 4.74 Å². The number of hydrogen-bond acceptors (Lipinski definition) is 5. The van der Waals surface area contributed by atoms with Gasteiger partial charge < -0.3 is 9.47 Å². The minimum Gasteiger partial charge on any atom is -0.483 e. The monoisotopic (exact) mass is 351 g/mol. The van der Waals surface area contributed by atoms with Gasteiger partial charge in [0.2, 0.25) is 0 Å². The summed E-state index contributed by atoms with van der Waals surface area (Å²) in [7, 11) is 1.31. The van der Waals surface area contributed by atoms with Crippen molar-refractivity contribution in [3.63, 3.8) is 0 Å². The highest BCUT2D eigenvalue weighted by molar-refractivity contribution is 9.10. The van der Waals surface area contributed by atoms with Gasteiger partial charge in [-0.05, 0) is 47.1 Å². The van der Waals surface area contributed by atoms with E-state index in [4.69, 9.17) is 4.74 Å². The molecule has 1 atom stereocenters. The van der Waals surface area contributed by atoms with E-state index in [1.54, 1.807) is 36.7 Å². The Labute approximate surface area is 130 Å². The minimum atomic E-state index is -0.514. The average Bonchev–Trinajstić information content (AvgIpc) is 2.49. The molecule has 0 radical (unpaired) electrons. The van der Waals surface area contributed by atoms with E-state index >= 15 is 0 Å². The lowest BCUT2D eigenvalue weighted by Gasteiger charge is -2.13. The molecule has 0 bridgehead atoms. The van der Waals surface area contributed by atoms with Crippen LogP contribution in [0.5, 0.6) is 5.75 Å². The van der Waals surface area contributed by atoms with Crippen LogP contribution >= 0.6 is 15.9 Å². The van der Waals surface area contributed by atoms with Crippen LogP contribution in [0.1, 0.15) is 18.9 Å². The molecule has 0 aliphatic rings. The van der Waals surface area contributed by atoms with Crippen molar-refractivity contribution in [2.75, 3.05) is 12.4 Å². The molecule has 0 aliphatic carbocycles. The Hall–Kier alpha value is -2.15. The van der Waals surface area contributed by atoms with E-state index in [9.17, 15) is 4.79 Å². The van der Waals surface area contributed by atoms with Gasteiger partial charge >= 0.3 is 6.09 Å². The molecule has 0 aliphatic heterocycles. The summed E-state index contributed by atoms with van der Waals surface area (Å²) in [5, 5.41) is 2.56. The Balaban J connectivity index is 1.99. The van der Waals surface area contributed by atoms with Crippen LogP contribution in [0.25, 0.3) is 0 Å². The van der Waals surface area contributed by atoms with E-state index in [0.717, 1.165) is 4.47 Å². The SMILES string of the molecule is COC(=O)Nc1ccc(O[C@@H](C)c2ncc(Br)cn2)cc1. The van der Waals surface area contributed by atoms with Gasteiger partial charge in [0.25, 0.3) is 0 Å². The second kappa shape index (κ2) is 7.03. The van der Waals surface area contributed by atoms with Crippen LogP contribution < -0.4 is 10.1 Å². The molecule has 1 aromatic carbocycles. The highest BCUT2D eigenvalue weighted by atomic mass is 79.9. The van der Waals surface area contributed by atoms with Crippen LogP contribution in [0.2, 0.25) is 0 Å². The Morgan fingerprint density at radius 1 is 1.24 bits per heavy atom. The number of carbonyl (C=O) groups excluding carboxylic acids is 1. The second-order valence-corrected chi connectivity index (χ2v) is 5.08. The molecular formula is C14H14BrN3O3. The number of benzene rings is 1. The second-order valence-electron chi connectivity index (χ2n) is 4.16. The zero-order valence-electron chi connectivity index (χ0n) is 11.5. The molecule has 1 aromatic heterocycles. The molecule has 0 saturated carbocycles. The summed E-state index contributed by atoms with van der Waals surface area (Å²) < 4.78 is 11.1. The van der Waals surface area contributed by atoms with Gasteiger partial charge in [-0.25, -0.2) is 14.8 Å². The first kappa shape index (κ1) is 15.2. The average molecular weight is 352 g/mol. The molecule has 0 spiro atoms. The van der Waals surface area contributed by atoms with Crippen LogP contribution in [0.15, 0.2) is 41.1 Å². The Morgan fingerprint density at radius 2 is 1.86 bits per heavy atom. The fourth-order valence-corrected chi connectivity index (χ4v) is 1.78. The number of methoxy groups -OCH3 is 1. The van der Waals surface area contributed by atoms with Crippen molar-refractivity contribution in [1.82, 2.24) is 9.97 Å². The predicted octanol–water partition coefficient (Wildman–Crippen LogP) is 3.56. The third-order valence-corrected chi connectivity index (χ3v) is 3.01. The number of nitrogens with one attached hydrogen (secondary N) is 1. The fourth-order valence-electron chi connectivity index (χ4n) is 1.57. The highest BCUT2D eigenvalue weighted by Gasteiger charge is 2.10. The Kier molecular flexibility index (Phi) is 5.10. The molecule has 6 nitrogen and oxygen atoms in total. The summed E-state index contributed by atoms with van der Waals surface area (Å²) in [5.74, 6) is 1.25. The molecule has 0 unspecified atom stereocenters. The lowest BCUT2D eigenvalue weighted by Crippen LogP contribution is -2.11. The maximum Gasteiger partial charge on any atom is 0.411 e. The zero-order valence-corrected chi connectivity index (χ0v) is 13.1. The topological polar surface area (TPSA) is 73.3 Å². The summed E-state index contributed by atoms with van der Waals surface area (Å²) in [6, 6.07) is 6.95. The largest absolute Gasteiger partial charge is 0.483 e. The molecule has 110 valence electrons. The zero-order chi connectivity index (χ0) is 15.2. The van der Waals surface area contributed by atoms with E-state index in [1.807, 2.05) is 6.92 Å². The summed E-state index contributed by atoms with van der Waals surface area (Å²) in [4.78, 5) is 19.4. The van der Waals surface area contributed by atoms with Gasteiger partial charge in [-0.15, -0.1) is 0 Å². The molecule has 0 fully saturated rings. The first-order valence-electron chi connectivity index (χ1n) is 6.17. The molecular weight excluding hydrogens is 338 g/mol. The quantitative estimate of drug-likeness (QED) is 0.911. The van der Waals surface area contributed by atoms with E-state index in [2.05, 4.69) is 36.0 Å². The van der Waals surface area contributed by atoms with E-state index in [1.165, 1.54) is 7.11 Å². The molecule has 21 heavy (non-hydrogen) atoms. The third-order valence-electron chi connectivity index (χ3n) is 2.60. The maximum atomic E-state index is 11.1.